The zero-order valence-corrected chi connectivity index (χ0v) is 13.7. The molecule has 0 aliphatic heterocycles. The second kappa shape index (κ2) is 7.87. The van der Waals surface area contributed by atoms with Crippen molar-refractivity contribution in [3.63, 3.8) is 0 Å². The Morgan fingerprint density at radius 2 is 2.29 bits per heavy atom. The first-order valence-corrected chi connectivity index (χ1v) is 8.57. The highest BCUT2D eigenvalue weighted by molar-refractivity contribution is 7.14. The van der Waals surface area contributed by atoms with Gasteiger partial charge in [0.1, 0.15) is 0 Å². The van der Waals surface area contributed by atoms with Crippen LogP contribution in [0.3, 0.4) is 0 Å². The largest absolute Gasteiger partial charge is 0.396 e. The van der Waals surface area contributed by atoms with Gasteiger partial charge in [-0.3, -0.25) is 9.69 Å². The van der Waals surface area contributed by atoms with Crippen molar-refractivity contribution in [2.24, 2.45) is 11.8 Å². The summed E-state index contributed by atoms with van der Waals surface area (Å²) in [4.78, 5) is 17.7. The number of anilines is 1. The fraction of sp³-hybridized carbons (Fsp3) is 0.733. The number of aromatic nitrogens is 1. The van der Waals surface area contributed by atoms with Crippen molar-refractivity contribution < 1.29 is 9.90 Å². The molecule has 1 aliphatic carbocycles. The van der Waals surface area contributed by atoms with Gasteiger partial charge < -0.3 is 10.4 Å². The second-order valence-electron chi connectivity index (χ2n) is 5.65. The minimum atomic E-state index is 0.0307. The predicted octanol–water partition coefficient (Wildman–Crippen LogP) is 2.01. The van der Waals surface area contributed by atoms with Crippen LogP contribution in [0.4, 0.5) is 5.13 Å². The molecule has 1 amide bonds. The van der Waals surface area contributed by atoms with Crippen LogP contribution in [0.25, 0.3) is 0 Å². The van der Waals surface area contributed by atoms with E-state index in [2.05, 4.69) is 10.3 Å². The molecule has 5 nitrogen and oxygen atoms in total. The molecule has 1 aromatic rings. The van der Waals surface area contributed by atoms with Crippen LogP contribution in [-0.2, 0) is 11.3 Å². The maximum absolute atomic E-state index is 11.5. The fourth-order valence-corrected chi connectivity index (χ4v) is 3.93. The highest BCUT2D eigenvalue weighted by atomic mass is 32.1. The van der Waals surface area contributed by atoms with Crippen LogP contribution in [0.15, 0.2) is 5.38 Å². The van der Waals surface area contributed by atoms with Crippen LogP contribution < -0.4 is 10.2 Å². The summed E-state index contributed by atoms with van der Waals surface area (Å²) in [6.07, 6.45) is 3.57. The molecule has 118 valence electrons. The molecule has 0 saturated heterocycles. The van der Waals surface area contributed by atoms with E-state index in [1.807, 2.05) is 12.3 Å². The molecule has 2 rings (SSSR count). The van der Waals surface area contributed by atoms with Gasteiger partial charge in [0.25, 0.3) is 0 Å². The second-order valence-corrected chi connectivity index (χ2v) is 6.49. The Kier molecular flexibility index (Phi) is 6.14. The SMILES string of the molecule is CCN(C(C)=O)c1nc(CNCC2CCCC2CO)cs1. The minimum Gasteiger partial charge on any atom is -0.396 e. The van der Waals surface area contributed by atoms with E-state index >= 15 is 0 Å². The molecule has 0 radical (unpaired) electrons. The van der Waals surface area contributed by atoms with Crippen molar-refractivity contribution in [3.8, 4) is 0 Å². The number of thiazole rings is 1. The number of nitrogens with one attached hydrogen (secondary N) is 1. The number of rotatable bonds is 7. The zero-order chi connectivity index (χ0) is 15.2. The van der Waals surface area contributed by atoms with Crippen molar-refractivity contribution >= 4 is 22.4 Å². The Hall–Kier alpha value is -0.980. The van der Waals surface area contributed by atoms with Gasteiger partial charge >= 0.3 is 0 Å². The third kappa shape index (κ3) is 4.25. The molecular formula is C15H25N3O2S. The van der Waals surface area contributed by atoms with E-state index in [1.165, 1.54) is 24.2 Å². The smallest absolute Gasteiger partial charge is 0.225 e. The Morgan fingerprint density at radius 1 is 1.52 bits per heavy atom. The van der Waals surface area contributed by atoms with E-state index in [1.54, 1.807) is 11.8 Å². The van der Waals surface area contributed by atoms with E-state index in [9.17, 15) is 9.90 Å². The van der Waals surface area contributed by atoms with Crippen molar-refractivity contribution in [1.29, 1.82) is 0 Å². The van der Waals surface area contributed by atoms with Crippen molar-refractivity contribution in [3.05, 3.63) is 11.1 Å². The number of carbonyl (C=O) groups excluding carboxylic acids is 1. The van der Waals surface area contributed by atoms with E-state index in [-0.39, 0.29) is 5.91 Å². The fourth-order valence-electron chi connectivity index (χ4n) is 3.00. The van der Waals surface area contributed by atoms with Gasteiger partial charge in [-0.05, 0) is 38.1 Å². The molecule has 1 aliphatic rings. The number of hydrogen-bond donors (Lipinski definition) is 2. The van der Waals surface area contributed by atoms with Crippen LogP contribution in [0.5, 0.6) is 0 Å². The number of carbonyl (C=O) groups is 1. The van der Waals surface area contributed by atoms with E-state index in [0.717, 1.165) is 30.3 Å². The Bertz CT molecular complexity index is 464. The highest BCUT2D eigenvalue weighted by Crippen LogP contribution is 2.30. The molecule has 0 bridgehead atoms. The first kappa shape index (κ1) is 16.4. The van der Waals surface area contributed by atoms with Gasteiger partial charge in [0.15, 0.2) is 5.13 Å². The van der Waals surface area contributed by atoms with Crippen LogP contribution in [-0.4, -0.2) is 35.7 Å². The summed E-state index contributed by atoms with van der Waals surface area (Å²) >= 11 is 1.51. The monoisotopic (exact) mass is 311 g/mol. The Morgan fingerprint density at radius 3 is 2.95 bits per heavy atom. The van der Waals surface area contributed by atoms with Crippen molar-refractivity contribution in [2.45, 2.75) is 39.7 Å². The predicted molar refractivity (Wildman–Crippen MR) is 85.4 cm³/mol. The molecule has 21 heavy (non-hydrogen) atoms. The standard InChI is InChI=1S/C15H25N3O2S/c1-3-18(11(2)20)15-17-14(10-21-15)8-16-7-12-5-4-6-13(12)9-19/h10,12-13,16,19H,3-9H2,1-2H3. The molecule has 2 unspecified atom stereocenters. The maximum atomic E-state index is 11.5. The van der Waals surface area contributed by atoms with Crippen molar-refractivity contribution in [1.82, 2.24) is 10.3 Å². The van der Waals surface area contributed by atoms with Crippen LogP contribution in [0.1, 0.15) is 38.8 Å². The molecule has 0 aromatic carbocycles. The third-order valence-electron chi connectivity index (χ3n) is 4.23. The van der Waals surface area contributed by atoms with Gasteiger partial charge in [0.05, 0.1) is 5.69 Å². The number of aliphatic hydroxyl groups excluding tert-OH is 1. The molecular weight excluding hydrogens is 286 g/mol. The van der Waals surface area contributed by atoms with Gasteiger partial charge in [0.2, 0.25) is 5.91 Å². The lowest BCUT2D eigenvalue weighted by atomic mass is 9.97. The number of amides is 1. The maximum Gasteiger partial charge on any atom is 0.225 e. The van der Waals surface area contributed by atoms with Gasteiger partial charge in [-0.1, -0.05) is 6.42 Å². The molecule has 2 N–H and O–H groups in total. The Balaban J connectivity index is 1.81. The average molecular weight is 311 g/mol. The molecule has 6 heteroatoms. The molecule has 2 atom stereocenters. The average Bonchev–Trinajstić information content (AvgIpc) is 3.08. The topological polar surface area (TPSA) is 65.5 Å². The lowest BCUT2D eigenvalue weighted by Crippen LogP contribution is -2.28. The lowest BCUT2D eigenvalue weighted by molar-refractivity contribution is -0.116. The van der Waals surface area contributed by atoms with Crippen LogP contribution >= 0.6 is 11.3 Å². The zero-order valence-electron chi connectivity index (χ0n) is 12.8. The summed E-state index contributed by atoms with van der Waals surface area (Å²) in [5.41, 5.74) is 0.980. The van der Waals surface area contributed by atoms with Crippen LogP contribution in [0.2, 0.25) is 0 Å². The summed E-state index contributed by atoms with van der Waals surface area (Å²) in [6.45, 7) is 6.13. The summed E-state index contributed by atoms with van der Waals surface area (Å²) in [7, 11) is 0. The molecule has 1 heterocycles. The number of nitrogens with zero attached hydrogens (tertiary/aromatic N) is 2. The van der Waals surface area contributed by atoms with Gasteiger partial charge in [-0.25, -0.2) is 4.98 Å². The number of aliphatic hydroxyl groups is 1. The van der Waals surface area contributed by atoms with E-state index in [0.29, 0.717) is 25.0 Å². The third-order valence-corrected chi connectivity index (χ3v) is 5.14. The van der Waals surface area contributed by atoms with Crippen molar-refractivity contribution in [2.75, 3.05) is 24.6 Å². The Labute approximate surface area is 130 Å². The number of hydrogen-bond acceptors (Lipinski definition) is 5. The minimum absolute atomic E-state index is 0.0307. The highest BCUT2D eigenvalue weighted by Gasteiger charge is 2.26. The molecule has 1 aromatic heterocycles. The van der Waals surface area contributed by atoms with Gasteiger partial charge in [0, 0.05) is 32.0 Å². The first-order chi connectivity index (χ1) is 10.2. The summed E-state index contributed by atoms with van der Waals surface area (Å²) < 4.78 is 0. The quantitative estimate of drug-likeness (QED) is 0.808. The van der Waals surface area contributed by atoms with E-state index in [4.69, 9.17) is 0 Å². The molecule has 0 spiro atoms. The lowest BCUT2D eigenvalue weighted by Gasteiger charge is -2.17. The summed E-state index contributed by atoms with van der Waals surface area (Å²) in [5.74, 6) is 1.07. The van der Waals surface area contributed by atoms with E-state index < -0.39 is 0 Å². The summed E-state index contributed by atoms with van der Waals surface area (Å²) in [6, 6.07) is 0. The van der Waals surface area contributed by atoms with Gasteiger partial charge in [-0.2, -0.15) is 0 Å². The first-order valence-electron chi connectivity index (χ1n) is 7.69. The van der Waals surface area contributed by atoms with Crippen LogP contribution in [0, 0.1) is 11.8 Å². The normalized spacial score (nSPS) is 21.7. The molecule has 1 fully saturated rings. The van der Waals surface area contributed by atoms with Gasteiger partial charge in [-0.15, -0.1) is 11.3 Å². The summed E-state index contributed by atoms with van der Waals surface area (Å²) in [5, 5.41) is 15.5. The molecule has 1 saturated carbocycles.